The summed E-state index contributed by atoms with van der Waals surface area (Å²) < 4.78 is 22.1. The molecule has 0 atom stereocenters. The summed E-state index contributed by atoms with van der Waals surface area (Å²) in [5.41, 5.74) is 0.196. The Bertz CT molecular complexity index is 929. The Kier molecular flexibility index (Phi) is 3.72. The zero-order chi connectivity index (χ0) is 17.4. The predicted octanol–water partition coefficient (Wildman–Crippen LogP) is 1.25. The number of ether oxygens (including phenoxy) is 1. The molecule has 3 aromatic heterocycles. The maximum atomic E-state index is 13.7. The molecular formula is C16H16FN5O3. The van der Waals surface area contributed by atoms with Crippen molar-refractivity contribution in [3.8, 4) is 0 Å². The third kappa shape index (κ3) is 2.66. The summed E-state index contributed by atoms with van der Waals surface area (Å²) >= 11 is 0. The molecule has 3 aromatic rings. The van der Waals surface area contributed by atoms with E-state index in [-0.39, 0.29) is 12.2 Å². The van der Waals surface area contributed by atoms with E-state index in [2.05, 4.69) is 15.3 Å². The molecule has 0 radical (unpaired) electrons. The lowest BCUT2D eigenvalue weighted by Crippen LogP contribution is -2.41. The standard InChI is InChI=1S/C16H16FN5O3/c17-12-2-1-5-21-8-11(18-14(12)21)9-22-10-13(19-20-22)16(15(23)24)3-6-25-7-4-16/h1-2,5,8,10H,3-4,6-7,9H2,(H,23,24). The predicted molar refractivity (Wildman–Crippen MR) is 83.6 cm³/mol. The number of carbonyl (C=O) groups is 1. The fourth-order valence-corrected chi connectivity index (χ4v) is 3.17. The van der Waals surface area contributed by atoms with Gasteiger partial charge < -0.3 is 14.2 Å². The van der Waals surface area contributed by atoms with Gasteiger partial charge in [0.05, 0.1) is 18.4 Å². The highest BCUT2D eigenvalue weighted by Gasteiger charge is 2.44. The summed E-state index contributed by atoms with van der Waals surface area (Å²) in [6.45, 7) is 1.04. The Hall–Kier alpha value is -2.81. The Morgan fingerprint density at radius 3 is 2.88 bits per heavy atom. The molecule has 1 aliphatic heterocycles. The quantitative estimate of drug-likeness (QED) is 0.765. The molecule has 4 heterocycles. The van der Waals surface area contributed by atoms with E-state index in [0.717, 1.165) is 0 Å². The lowest BCUT2D eigenvalue weighted by Gasteiger charge is -2.30. The molecule has 1 saturated heterocycles. The third-order valence-electron chi connectivity index (χ3n) is 4.59. The number of hydrogen-bond donors (Lipinski definition) is 1. The van der Waals surface area contributed by atoms with Crippen LogP contribution in [0.2, 0.25) is 0 Å². The highest BCUT2D eigenvalue weighted by Crippen LogP contribution is 2.33. The average Bonchev–Trinajstić information content (AvgIpc) is 3.23. The van der Waals surface area contributed by atoms with Gasteiger partial charge in [-0.3, -0.25) is 4.79 Å². The van der Waals surface area contributed by atoms with Gasteiger partial charge in [-0.25, -0.2) is 14.1 Å². The van der Waals surface area contributed by atoms with Crippen LogP contribution in [-0.4, -0.2) is 48.7 Å². The van der Waals surface area contributed by atoms with Gasteiger partial charge in [-0.2, -0.15) is 0 Å². The number of aliphatic carboxylic acids is 1. The molecule has 0 unspecified atom stereocenters. The summed E-state index contributed by atoms with van der Waals surface area (Å²) in [5, 5.41) is 17.8. The average molecular weight is 345 g/mol. The zero-order valence-corrected chi connectivity index (χ0v) is 13.3. The fraction of sp³-hybridized carbons (Fsp3) is 0.375. The first kappa shape index (κ1) is 15.7. The minimum absolute atomic E-state index is 0.240. The summed E-state index contributed by atoms with van der Waals surface area (Å²) in [6, 6.07) is 2.95. The van der Waals surface area contributed by atoms with Gasteiger partial charge >= 0.3 is 5.97 Å². The Morgan fingerprint density at radius 1 is 1.36 bits per heavy atom. The van der Waals surface area contributed by atoms with Gasteiger partial charge in [0, 0.05) is 25.6 Å². The van der Waals surface area contributed by atoms with Gasteiger partial charge in [0.15, 0.2) is 11.5 Å². The molecule has 25 heavy (non-hydrogen) atoms. The minimum atomic E-state index is -1.07. The molecular weight excluding hydrogens is 329 g/mol. The van der Waals surface area contributed by atoms with Crippen LogP contribution in [0, 0.1) is 5.82 Å². The van der Waals surface area contributed by atoms with Gasteiger partial charge in [0.25, 0.3) is 0 Å². The van der Waals surface area contributed by atoms with E-state index < -0.39 is 17.2 Å². The van der Waals surface area contributed by atoms with Crippen LogP contribution in [0.4, 0.5) is 4.39 Å². The first-order valence-corrected chi connectivity index (χ1v) is 7.92. The van der Waals surface area contributed by atoms with Crippen LogP contribution in [0.5, 0.6) is 0 Å². The molecule has 0 aromatic carbocycles. The number of halogens is 1. The largest absolute Gasteiger partial charge is 0.481 e. The topological polar surface area (TPSA) is 94.5 Å². The van der Waals surface area contributed by atoms with Crippen molar-refractivity contribution in [2.75, 3.05) is 13.2 Å². The minimum Gasteiger partial charge on any atom is -0.481 e. The Labute approximate surface area is 141 Å². The van der Waals surface area contributed by atoms with Gasteiger partial charge in [-0.1, -0.05) is 5.21 Å². The lowest BCUT2D eigenvalue weighted by molar-refractivity contribution is -0.148. The molecule has 1 aliphatic rings. The van der Waals surface area contributed by atoms with Crippen LogP contribution < -0.4 is 0 Å². The maximum absolute atomic E-state index is 13.7. The molecule has 0 amide bonds. The molecule has 0 bridgehead atoms. The number of rotatable bonds is 4. The van der Waals surface area contributed by atoms with Crippen molar-refractivity contribution < 1.29 is 19.0 Å². The van der Waals surface area contributed by atoms with Crippen molar-refractivity contribution >= 4 is 11.6 Å². The molecule has 0 aliphatic carbocycles. The number of carboxylic acids is 1. The van der Waals surface area contributed by atoms with Gasteiger partial charge in [0.2, 0.25) is 0 Å². The van der Waals surface area contributed by atoms with Crippen LogP contribution >= 0.6 is 0 Å². The van der Waals surface area contributed by atoms with Gasteiger partial charge in [-0.15, -0.1) is 5.10 Å². The van der Waals surface area contributed by atoms with E-state index in [1.807, 2.05) is 0 Å². The van der Waals surface area contributed by atoms with Crippen LogP contribution in [0.3, 0.4) is 0 Å². The second-order valence-electron chi connectivity index (χ2n) is 6.12. The third-order valence-corrected chi connectivity index (χ3v) is 4.59. The Morgan fingerprint density at radius 2 is 2.16 bits per heavy atom. The monoisotopic (exact) mass is 345 g/mol. The summed E-state index contributed by atoms with van der Waals surface area (Å²) in [6.07, 6.45) is 5.77. The Balaban J connectivity index is 1.62. The normalized spacial score (nSPS) is 17.0. The summed E-state index contributed by atoms with van der Waals surface area (Å²) in [4.78, 5) is 16.1. The van der Waals surface area contributed by atoms with E-state index in [0.29, 0.717) is 37.4 Å². The zero-order valence-electron chi connectivity index (χ0n) is 13.3. The molecule has 1 N–H and O–H groups in total. The number of aromatic nitrogens is 5. The highest BCUT2D eigenvalue weighted by atomic mass is 19.1. The highest BCUT2D eigenvalue weighted by molar-refractivity contribution is 5.80. The van der Waals surface area contributed by atoms with Crippen molar-refractivity contribution in [3.05, 3.63) is 47.9 Å². The molecule has 0 spiro atoms. The van der Waals surface area contributed by atoms with E-state index in [9.17, 15) is 14.3 Å². The summed E-state index contributed by atoms with van der Waals surface area (Å²) in [5.74, 6) is -1.32. The van der Waals surface area contributed by atoms with Crippen LogP contribution in [-0.2, 0) is 21.5 Å². The number of imidazole rings is 1. The number of carboxylic acid groups (broad SMARTS) is 1. The molecule has 1 fully saturated rings. The first-order chi connectivity index (χ1) is 12.1. The molecule has 9 heteroatoms. The van der Waals surface area contributed by atoms with Crippen molar-refractivity contribution in [1.82, 2.24) is 24.4 Å². The van der Waals surface area contributed by atoms with E-state index in [4.69, 9.17) is 4.74 Å². The first-order valence-electron chi connectivity index (χ1n) is 7.92. The summed E-state index contributed by atoms with van der Waals surface area (Å²) in [7, 11) is 0. The van der Waals surface area contributed by atoms with Crippen LogP contribution in [0.15, 0.2) is 30.7 Å². The van der Waals surface area contributed by atoms with E-state index >= 15 is 0 Å². The lowest BCUT2D eigenvalue weighted by atomic mass is 9.78. The van der Waals surface area contributed by atoms with Crippen LogP contribution in [0.1, 0.15) is 24.2 Å². The number of hydrogen-bond acceptors (Lipinski definition) is 5. The fourth-order valence-electron chi connectivity index (χ4n) is 3.17. The second-order valence-corrected chi connectivity index (χ2v) is 6.12. The van der Waals surface area contributed by atoms with Gasteiger partial charge in [-0.05, 0) is 25.0 Å². The maximum Gasteiger partial charge on any atom is 0.316 e. The van der Waals surface area contributed by atoms with Crippen molar-refractivity contribution in [2.24, 2.45) is 0 Å². The van der Waals surface area contributed by atoms with E-state index in [1.54, 1.807) is 29.1 Å². The molecule has 4 rings (SSSR count). The SMILES string of the molecule is O=C(O)C1(c2cn(Cc3cn4cccc(F)c4n3)nn2)CCOCC1. The smallest absolute Gasteiger partial charge is 0.316 e. The molecule has 130 valence electrons. The number of nitrogens with zero attached hydrogens (tertiary/aromatic N) is 5. The van der Waals surface area contributed by atoms with Crippen molar-refractivity contribution in [1.29, 1.82) is 0 Å². The van der Waals surface area contributed by atoms with Crippen LogP contribution in [0.25, 0.3) is 5.65 Å². The molecule has 8 nitrogen and oxygen atoms in total. The van der Waals surface area contributed by atoms with Crippen molar-refractivity contribution in [2.45, 2.75) is 24.8 Å². The number of fused-ring (bicyclic) bond motifs is 1. The molecule has 0 saturated carbocycles. The van der Waals surface area contributed by atoms with E-state index in [1.165, 1.54) is 10.7 Å². The number of pyridine rings is 1. The van der Waals surface area contributed by atoms with Gasteiger partial charge in [0.1, 0.15) is 11.1 Å². The second kappa shape index (κ2) is 5.92. The van der Waals surface area contributed by atoms with Crippen molar-refractivity contribution in [3.63, 3.8) is 0 Å².